The Labute approximate surface area is 228 Å². The first kappa shape index (κ1) is 27.5. The number of amides is 1. The third-order valence-corrected chi connectivity index (χ3v) is 8.40. The van der Waals surface area contributed by atoms with Crippen LogP contribution in [0.1, 0.15) is 54.8 Å². The summed E-state index contributed by atoms with van der Waals surface area (Å²) < 4.78 is 44.5. The number of rotatable bonds is 6. The fraction of sp³-hybridized carbons (Fsp3) is 0.481. The SMILES string of the molecule is Cc1cc(Nc2nccc(C(F)(F)F)n2)cc(-c2cnc([C@]3(O)CC[C@@H](NC(=O)C4CCCOC4)CC3)s2)c1. The van der Waals surface area contributed by atoms with Gasteiger partial charge in [-0.2, -0.15) is 13.2 Å². The number of aromatic nitrogens is 3. The fourth-order valence-electron chi connectivity index (χ4n) is 5.05. The van der Waals surface area contributed by atoms with Crippen molar-refractivity contribution in [1.82, 2.24) is 20.3 Å². The molecule has 1 amide bonds. The summed E-state index contributed by atoms with van der Waals surface area (Å²) in [5.41, 5.74) is 0.139. The summed E-state index contributed by atoms with van der Waals surface area (Å²) in [5.74, 6) is -0.225. The van der Waals surface area contributed by atoms with Crippen LogP contribution in [0.3, 0.4) is 0 Å². The van der Waals surface area contributed by atoms with Gasteiger partial charge in [-0.25, -0.2) is 15.0 Å². The zero-order valence-electron chi connectivity index (χ0n) is 21.4. The molecular weight excluding hydrogens is 531 g/mol. The maximum atomic E-state index is 13.0. The molecule has 1 aliphatic heterocycles. The lowest BCUT2D eigenvalue weighted by molar-refractivity contribution is -0.141. The molecule has 8 nitrogen and oxygen atoms in total. The van der Waals surface area contributed by atoms with Crippen LogP contribution >= 0.6 is 11.3 Å². The number of carbonyl (C=O) groups is 1. The molecule has 1 aliphatic carbocycles. The van der Waals surface area contributed by atoms with Gasteiger partial charge in [0.1, 0.15) is 16.3 Å². The van der Waals surface area contributed by atoms with E-state index in [1.54, 1.807) is 18.3 Å². The number of carbonyl (C=O) groups excluding carboxylic acids is 1. The highest BCUT2D eigenvalue weighted by molar-refractivity contribution is 7.15. The van der Waals surface area contributed by atoms with E-state index in [0.717, 1.165) is 41.1 Å². The summed E-state index contributed by atoms with van der Waals surface area (Å²) >= 11 is 1.39. The quantitative estimate of drug-likeness (QED) is 0.373. The number of nitrogens with zero attached hydrogens (tertiary/aromatic N) is 3. The predicted octanol–water partition coefficient (Wildman–Crippen LogP) is 5.34. The molecule has 2 fully saturated rings. The van der Waals surface area contributed by atoms with Gasteiger partial charge in [0.15, 0.2) is 0 Å². The van der Waals surface area contributed by atoms with Crippen LogP contribution in [-0.4, -0.2) is 45.2 Å². The maximum Gasteiger partial charge on any atom is 0.433 e. The molecule has 1 atom stereocenters. The van der Waals surface area contributed by atoms with Crippen molar-refractivity contribution in [3.63, 3.8) is 0 Å². The molecular formula is C27H30F3N5O3S. The number of ether oxygens (including phenoxy) is 1. The molecule has 0 spiro atoms. The number of hydrogen-bond acceptors (Lipinski definition) is 8. The molecule has 0 bridgehead atoms. The topological polar surface area (TPSA) is 109 Å². The van der Waals surface area contributed by atoms with Crippen molar-refractivity contribution in [3.05, 3.63) is 52.9 Å². The summed E-state index contributed by atoms with van der Waals surface area (Å²) in [6, 6.07) is 6.36. The van der Waals surface area contributed by atoms with Crippen LogP contribution in [0, 0.1) is 12.8 Å². The van der Waals surface area contributed by atoms with E-state index in [1.165, 1.54) is 11.3 Å². The van der Waals surface area contributed by atoms with Crippen molar-refractivity contribution in [2.75, 3.05) is 18.5 Å². The van der Waals surface area contributed by atoms with E-state index in [0.29, 0.717) is 49.6 Å². The number of thiazole rings is 1. The maximum absolute atomic E-state index is 13.0. The third kappa shape index (κ3) is 6.56. The highest BCUT2D eigenvalue weighted by Gasteiger charge is 2.38. The number of benzene rings is 1. The van der Waals surface area contributed by atoms with Gasteiger partial charge in [0, 0.05) is 30.7 Å². The first-order valence-corrected chi connectivity index (χ1v) is 13.8. The molecule has 208 valence electrons. The highest BCUT2D eigenvalue weighted by atomic mass is 32.1. The molecule has 1 aromatic carbocycles. The first-order valence-electron chi connectivity index (χ1n) is 13.0. The normalized spacial score (nSPS) is 23.8. The first-order chi connectivity index (χ1) is 18.6. The minimum absolute atomic E-state index is 0.0163. The standard InChI is InChI=1S/C27H30F3N5O3S/c1-16-11-18(13-20(12-16)34-25-31-9-6-22(35-25)27(28,29)30)21-14-32-24(39-21)26(37)7-4-19(5-8-26)33-23(36)17-3-2-10-38-15-17/h6,9,11-14,17,19,37H,2-5,7-8,10,15H2,1H3,(H,33,36)(H,31,34,35)/t17?,19-,26+. The number of aryl methyl sites for hydroxylation is 1. The number of aliphatic hydroxyl groups is 1. The second kappa shape index (κ2) is 11.2. The van der Waals surface area contributed by atoms with Crippen LogP contribution in [0.15, 0.2) is 36.7 Å². The Kier molecular flexibility index (Phi) is 7.88. The van der Waals surface area contributed by atoms with Crippen LogP contribution in [0.5, 0.6) is 0 Å². The molecule has 0 radical (unpaired) electrons. The van der Waals surface area contributed by atoms with E-state index < -0.39 is 17.5 Å². The Morgan fingerprint density at radius 1 is 1.18 bits per heavy atom. The summed E-state index contributed by atoms with van der Waals surface area (Å²) in [7, 11) is 0. The second-order valence-corrected chi connectivity index (χ2v) is 11.3. The largest absolute Gasteiger partial charge is 0.433 e. The van der Waals surface area contributed by atoms with Crippen LogP contribution in [0.4, 0.5) is 24.8 Å². The molecule has 3 N–H and O–H groups in total. The van der Waals surface area contributed by atoms with E-state index in [1.807, 2.05) is 13.0 Å². The Morgan fingerprint density at radius 3 is 2.69 bits per heavy atom. The lowest BCUT2D eigenvalue weighted by atomic mass is 9.82. The Bertz CT molecular complexity index is 1320. The van der Waals surface area contributed by atoms with Gasteiger partial charge in [-0.1, -0.05) is 6.07 Å². The summed E-state index contributed by atoms with van der Waals surface area (Å²) in [5, 5.41) is 18.0. The van der Waals surface area contributed by atoms with Gasteiger partial charge in [-0.05, 0) is 74.8 Å². The molecule has 2 aliphatic rings. The van der Waals surface area contributed by atoms with Crippen molar-refractivity contribution >= 4 is 28.9 Å². The lowest BCUT2D eigenvalue weighted by Gasteiger charge is -2.35. The van der Waals surface area contributed by atoms with Gasteiger partial charge in [0.2, 0.25) is 11.9 Å². The number of hydrogen-bond donors (Lipinski definition) is 3. The Balaban J connectivity index is 1.25. The van der Waals surface area contributed by atoms with Gasteiger partial charge >= 0.3 is 6.18 Å². The zero-order chi connectivity index (χ0) is 27.6. The molecule has 1 unspecified atom stereocenters. The number of alkyl halides is 3. The molecule has 3 heterocycles. The zero-order valence-corrected chi connectivity index (χ0v) is 22.2. The van der Waals surface area contributed by atoms with Crippen LogP contribution in [0.2, 0.25) is 0 Å². The highest BCUT2D eigenvalue weighted by Crippen LogP contribution is 2.41. The molecule has 1 saturated heterocycles. The van der Waals surface area contributed by atoms with E-state index >= 15 is 0 Å². The minimum atomic E-state index is -4.56. The smallest absolute Gasteiger partial charge is 0.383 e. The van der Waals surface area contributed by atoms with Crippen molar-refractivity contribution in [3.8, 4) is 10.4 Å². The molecule has 5 rings (SSSR count). The number of anilines is 2. The van der Waals surface area contributed by atoms with Crippen molar-refractivity contribution < 1.29 is 27.8 Å². The third-order valence-electron chi connectivity index (χ3n) is 7.16. The van der Waals surface area contributed by atoms with E-state index in [2.05, 4.69) is 25.6 Å². The fourth-order valence-corrected chi connectivity index (χ4v) is 6.10. The monoisotopic (exact) mass is 561 g/mol. The van der Waals surface area contributed by atoms with E-state index in [-0.39, 0.29) is 23.8 Å². The van der Waals surface area contributed by atoms with E-state index in [4.69, 9.17) is 4.74 Å². The number of nitrogens with one attached hydrogen (secondary N) is 2. The van der Waals surface area contributed by atoms with Gasteiger partial charge in [-0.3, -0.25) is 4.79 Å². The van der Waals surface area contributed by atoms with Crippen molar-refractivity contribution in [2.24, 2.45) is 5.92 Å². The minimum Gasteiger partial charge on any atom is -0.383 e. The molecule has 39 heavy (non-hydrogen) atoms. The van der Waals surface area contributed by atoms with Crippen LogP contribution in [-0.2, 0) is 21.3 Å². The summed E-state index contributed by atoms with van der Waals surface area (Å²) in [6.45, 7) is 3.06. The van der Waals surface area contributed by atoms with Gasteiger partial charge in [0.25, 0.3) is 0 Å². The van der Waals surface area contributed by atoms with Crippen LogP contribution in [0.25, 0.3) is 10.4 Å². The molecule has 1 saturated carbocycles. The molecule has 12 heteroatoms. The summed E-state index contributed by atoms with van der Waals surface area (Å²) in [6.07, 6.45) is 2.22. The molecule has 3 aromatic rings. The van der Waals surface area contributed by atoms with Gasteiger partial charge < -0.3 is 20.5 Å². The van der Waals surface area contributed by atoms with Crippen LogP contribution < -0.4 is 10.6 Å². The Morgan fingerprint density at radius 2 is 1.97 bits per heavy atom. The van der Waals surface area contributed by atoms with E-state index in [9.17, 15) is 23.1 Å². The number of halogens is 3. The van der Waals surface area contributed by atoms with Gasteiger partial charge in [-0.15, -0.1) is 11.3 Å². The molecule has 2 aromatic heterocycles. The Hall–Kier alpha value is -3.09. The average molecular weight is 562 g/mol. The lowest BCUT2D eigenvalue weighted by Crippen LogP contribution is -2.45. The second-order valence-electron chi connectivity index (χ2n) is 10.2. The van der Waals surface area contributed by atoms with Crippen molar-refractivity contribution in [2.45, 2.75) is 63.3 Å². The summed E-state index contributed by atoms with van der Waals surface area (Å²) in [4.78, 5) is 25.4. The predicted molar refractivity (Wildman–Crippen MR) is 140 cm³/mol. The average Bonchev–Trinajstić information content (AvgIpc) is 3.42. The van der Waals surface area contributed by atoms with Crippen molar-refractivity contribution in [1.29, 1.82) is 0 Å². The van der Waals surface area contributed by atoms with Gasteiger partial charge in [0.05, 0.1) is 17.4 Å².